The molecule has 132 valence electrons. The molecule has 0 saturated carbocycles. The van der Waals surface area contributed by atoms with Crippen LogP contribution in [0.25, 0.3) is 0 Å². The number of Topliss-reactive ketones (excluding diaryl/α,β-unsaturated/α-hetero) is 1. The van der Waals surface area contributed by atoms with Gasteiger partial charge < -0.3 is 5.32 Å². The highest BCUT2D eigenvalue weighted by molar-refractivity contribution is 9.10. The number of benzene rings is 2. The van der Waals surface area contributed by atoms with E-state index in [1.165, 1.54) is 19.1 Å². The molecule has 8 heteroatoms. The van der Waals surface area contributed by atoms with Crippen molar-refractivity contribution in [3.63, 3.8) is 0 Å². The second-order valence-corrected chi connectivity index (χ2v) is 7.97. The third-order valence-electron chi connectivity index (χ3n) is 3.32. The number of carbonyl (C=O) groups is 2. The zero-order valence-corrected chi connectivity index (χ0v) is 15.9. The van der Waals surface area contributed by atoms with Crippen LogP contribution in [0, 0.1) is 0 Å². The van der Waals surface area contributed by atoms with Crippen molar-refractivity contribution < 1.29 is 18.0 Å². The second kappa shape index (κ2) is 8.37. The standard InChI is InChI=1S/C17H17BrN2O4S/c1-12(21)13-3-2-4-15(11-13)20-17(22)9-10-19-25(23,24)16-7-5-14(18)6-8-16/h2-8,11,19H,9-10H2,1H3,(H,20,22). The predicted molar refractivity (Wildman–Crippen MR) is 99.0 cm³/mol. The number of sulfonamides is 1. The normalized spacial score (nSPS) is 11.1. The molecule has 0 spiro atoms. The summed E-state index contributed by atoms with van der Waals surface area (Å²) in [4.78, 5) is 23.4. The van der Waals surface area contributed by atoms with Gasteiger partial charge in [-0.1, -0.05) is 28.1 Å². The summed E-state index contributed by atoms with van der Waals surface area (Å²) >= 11 is 3.24. The first kappa shape index (κ1) is 19.3. The van der Waals surface area contributed by atoms with Crippen molar-refractivity contribution in [1.82, 2.24) is 4.72 Å². The molecule has 6 nitrogen and oxygen atoms in total. The molecular weight excluding hydrogens is 408 g/mol. The first-order chi connectivity index (χ1) is 11.8. The van der Waals surface area contributed by atoms with Gasteiger partial charge in [0.25, 0.3) is 0 Å². The number of anilines is 1. The summed E-state index contributed by atoms with van der Waals surface area (Å²) in [6.45, 7) is 1.41. The minimum atomic E-state index is -3.66. The molecule has 2 aromatic carbocycles. The average molecular weight is 425 g/mol. The highest BCUT2D eigenvalue weighted by Crippen LogP contribution is 2.14. The van der Waals surface area contributed by atoms with Crippen molar-refractivity contribution in [2.75, 3.05) is 11.9 Å². The number of nitrogens with one attached hydrogen (secondary N) is 2. The topological polar surface area (TPSA) is 92.3 Å². The molecule has 2 aromatic rings. The Morgan fingerprint density at radius 1 is 1.08 bits per heavy atom. The summed E-state index contributed by atoms with van der Waals surface area (Å²) in [5.41, 5.74) is 0.988. The molecule has 0 fully saturated rings. The lowest BCUT2D eigenvalue weighted by atomic mass is 10.1. The molecule has 0 aliphatic rings. The number of hydrogen-bond acceptors (Lipinski definition) is 4. The van der Waals surface area contributed by atoms with E-state index in [-0.39, 0.29) is 29.6 Å². The van der Waals surface area contributed by atoms with Gasteiger partial charge in [0.05, 0.1) is 4.90 Å². The van der Waals surface area contributed by atoms with Crippen LogP contribution < -0.4 is 10.0 Å². The van der Waals surface area contributed by atoms with E-state index >= 15 is 0 Å². The Balaban J connectivity index is 1.89. The average Bonchev–Trinajstić information content (AvgIpc) is 2.55. The molecule has 2 N–H and O–H groups in total. The van der Waals surface area contributed by atoms with Crippen LogP contribution in [0.2, 0.25) is 0 Å². The van der Waals surface area contributed by atoms with Gasteiger partial charge in [-0.3, -0.25) is 9.59 Å². The fraction of sp³-hybridized carbons (Fsp3) is 0.176. The fourth-order valence-corrected chi connectivity index (χ4v) is 3.33. The number of ketones is 1. The maximum Gasteiger partial charge on any atom is 0.240 e. The number of carbonyl (C=O) groups excluding carboxylic acids is 2. The second-order valence-electron chi connectivity index (χ2n) is 5.29. The van der Waals surface area contributed by atoms with Crippen LogP contribution >= 0.6 is 15.9 Å². The van der Waals surface area contributed by atoms with Crippen LogP contribution in [0.1, 0.15) is 23.7 Å². The van der Waals surface area contributed by atoms with Crippen LogP contribution in [0.15, 0.2) is 57.9 Å². The molecule has 0 unspecified atom stereocenters. The molecule has 2 rings (SSSR count). The van der Waals surface area contributed by atoms with E-state index < -0.39 is 10.0 Å². The van der Waals surface area contributed by atoms with E-state index in [0.717, 1.165) is 4.47 Å². The highest BCUT2D eigenvalue weighted by atomic mass is 79.9. The number of amides is 1. The van der Waals surface area contributed by atoms with Gasteiger partial charge in [0.15, 0.2) is 5.78 Å². The summed E-state index contributed by atoms with van der Waals surface area (Å²) in [6.07, 6.45) is -0.0277. The third kappa shape index (κ3) is 5.77. The smallest absolute Gasteiger partial charge is 0.240 e. The number of halogens is 1. The van der Waals surface area contributed by atoms with Crippen LogP contribution in [-0.2, 0) is 14.8 Å². The van der Waals surface area contributed by atoms with Gasteiger partial charge in [-0.15, -0.1) is 0 Å². The largest absolute Gasteiger partial charge is 0.326 e. The maximum atomic E-state index is 12.1. The van der Waals surface area contributed by atoms with Crippen molar-refractivity contribution in [2.45, 2.75) is 18.2 Å². The minimum absolute atomic E-state index is 0.0277. The van der Waals surface area contributed by atoms with Crippen LogP contribution in [-0.4, -0.2) is 26.7 Å². The minimum Gasteiger partial charge on any atom is -0.326 e. The monoisotopic (exact) mass is 424 g/mol. The van der Waals surface area contributed by atoms with Crippen molar-refractivity contribution in [3.8, 4) is 0 Å². The van der Waals surface area contributed by atoms with E-state index in [0.29, 0.717) is 11.3 Å². The van der Waals surface area contributed by atoms with E-state index in [2.05, 4.69) is 26.0 Å². The van der Waals surface area contributed by atoms with Gasteiger partial charge in [0.1, 0.15) is 0 Å². The Morgan fingerprint density at radius 3 is 2.40 bits per heavy atom. The zero-order chi connectivity index (χ0) is 18.4. The number of hydrogen-bond donors (Lipinski definition) is 2. The lowest BCUT2D eigenvalue weighted by Crippen LogP contribution is -2.27. The van der Waals surface area contributed by atoms with E-state index in [1.807, 2.05) is 0 Å². The molecule has 0 heterocycles. The van der Waals surface area contributed by atoms with Gasteiger partial charge in [0.2, 0.25) is 15.9 Å². The number of rotatable bonds is 7. The quantitative estimate of drug-likeness (QED) is 0.668. The Hall–Kier alpha value is -2.03. The Bertz CT molecular complexity index is 880. The maximum absolute atomic E-state index is 12.1. The molecule has 0 bridgehead atoms. The molecular formula is C17H17BrN2O4S. The van der Waals surface area contributed by atoms with E-state index in [9.17, 15) is 18.0 Å². The summed E-state index contributed by atoms with van der Waals surface area (Å²) in [5, 5.41) is 2.64. The van der Waals surface area contributed by atoms with E-state index in [4.69, 9.17) is 0 Å². The molecule has 25 heavy (non-hydrogen) atoms. The van der Waals surface area contributed by atoms with Gasteiger partial charge in [0, 0.05) is 28.7 Å². The van der Waals surface area contributed by atoms with Crippen molar-refractivity contribution in [2.24, 2.45) is 0 Å². The Labute approximate surface area is 154 Å². The highest BCUT2D eigenvalue weighted by Gasteiger charge is 2.14. The van der Waals surface area contributed by atoms with Crippen molar-refractivity contribution in [3.05, 3.63) is 58.6 Å². The first-order valence-electron chi connectivity index (χ1n) is 7.44. The molecule has 0 radical (unpaired) electrons. The lowest BCUT2D eigenvalue weighted by Gasteiger charge is -2.08. The van der Waals surface area contributed by atoms with Gasteiger partial charge in [-0.25, -0.2) is 13.1 Å². The fourth-order valence-electron chi connectivity index (χ4n) is 2.04. The van der Waals surface area contributed by atoms with Crippen LogP contribution in [0.3, 0.4) is 0 Å². The molecule has 0 saturated heterocycles. The predicted octanol–water partition coefficient (Wildman–Crippen LogP) is 2.96. The Kier molecular flexibility index (Phi) is 6.46. The van der Waals surface area contributed by atoms with Crippen molar-refractivity contribution >= 4 is 43.3 Å². The van der Waals surface area contributed by atoms with Gasteiger partial charge in [-0.05, 0) is 43.3 Å². The summed E-state index contributed by atoms with van der Waals surface area (Å²) < 4.78 is 27.4. The van der Waals surface area contributed by atoms with E-state index in [1.54, 1.807) is 36.4 Å². The SMILES string of the molecule is CC(=O)c1cccc(NC(=O)CCNS(=O)(=O)c2ccc(Br)cc2)c1. The molecule has 0 atom stereocenters. The molecule has 0 aromatic heterocycles. The van der Waals surface area contributed by atoms with Crippen molar-refractivity contribution in [1.29, 1.82) is 0 Å². The Morgan fingerprint density at radius 2 is 1.76 bits per heavy atom. The van der Waals surface area contributed by atoms with Crippen LogP contribution in [0.4, 0.5) is 5.69 Å². The van der Waals surface area contributed by atoms with Crippen LogP contribution in [0.5, 0.6) is 0 Å². The molecule has 0 aliphatic carbocycles. The summed E-state index contributed by atoms with van der Waals surface area (Å²) in [7, 11) is -3.66. The first-order valence-corrected chi connectivity index (χ1v) is 9.71. The third-order valence-corrected chi connectivity index (χ3v) is 5.33. The summed E-state index contributed by atoms with van der Waals surface area (Å²) in [6, 6.07) is 12.8. The lowest BCUT2D eigenvalue weighted by molar-refractivity contribution is -0.116. The zero-order valence-electron chi connectivity index (χ0n) is 13.5. The van der Waals surface area contributed by atoms with Gasteiger partial charge in [-0.2, -0.15) is 0 Å². The molecule has 1 amide bonds. The summed E-state index contributed by atoms with van der Waals surface area (Å²) in [5.74, 6) is -0.447. The molecule has 0 aliphatic heterocycles. The van der Waals surface area contributed by atoms with Gasteiger partial charge >= 0.3 is 0 Å².